The summed E-state index contributed by atoms with van der Waals surface area (Å²) < 4.78 is 65.7. The van der Waals surface area contributed by atoms with Crippen LogP contribution >= 0.6 is 11.6 Å². The molecular formula is C38H42ClF4N9O3. The molecule has 4 heterocycles. The summed E-state index contributed by atoms with van der Waals surface area (Å²) in [6.07, 6.45) is -0.360. The Bertz CT molecular complexity index is 2180. The summed E-state index contributed by atoms with van der Waals surface area (Å²) in [5.74, 6) is 1.72. The molecule has 12 nitrogen and oxygen atoms in total. The number of aromatic nitrogens is 8. The average molecular weight is 784 g/mol. The molecule has 0 aliphatic heterocycles. The monoisotopic (exact) mass is 783 g/mol. The molecule has 6 aromatic rings. The minimum absolute atomic E-state index is 0.0547. The van der Waals surface area contributed by atoms with Gasteiger partial charge < -0.3 is 14.4 Å². The molecule has 0 N–H and O–H groups in total. The second-order valence-corrected chi connectivity index (χ2v) is 13.0. The SMILES string of the molecule is CCc1cc(CC)n2nc(CCCN(CCOC(C)=O)c3ccc(F)cc3)nc2n1.Cc1cc(C(F)(F)F)n2nc(CCCOc3ccc(Cl)cc3)nc2n1. The second-order valence-electron chi connectivity index (χ2n) is 12.5. The summed E-state index contributed by atoms with van der Waals surface area (Å²) in [7, 11) is 0. The molecule has 0 saturated heterocycles. The van der Waals surface area contributed by atoms with Crippen molar-refractivity contribution < 1.29 is 31.8 Å². The van der Waals surface area contributed by atoms with Gasteiger partial charge in [0.2, 0.25) is 0 Å². The highest BCUT2D eigenvalue weighted by Crippen LogP contribution is 2.29. The summed E-state index contributed by atoms with van der Waals surface area (Å²) in [5.41, 5.74) is 2.36. The van der Waals surface area contributed by atoms with E-state index in [1.165, 1.54) is 26.0 Å². The maximum absolute atomic E-state index is 13.3. The Morgan fingerprint density at radius 2 is 1.47 bits per heavy atom. The number of hydrogen-bond acceptors (Lipinski definition) is 10. The molecule has 0 spiro atoms. The number of esters is 1. The molecule has 0 aliphatic rings. The fraction of sp³-hybridized carbons (Fsp3) is 0.395. The molecule has 4 aromatic heterocycles. The van der Waals surface area contributed by atoms with Crippen LogP contribution in [0.15, 0.2) is 60.7 Å². The molecule has 0 unspecified atom stereocenters. The van der Waals surface area contributed by atoms with Gasteiger partial charge in [0.15, 0.2) is 17.3 Å². The summed E-state index contributed by atoms with van der Waals surface area (Å²) in [4.78, 5) is 30.4. The van der Waals surface area contributed by atoms with Crippen molar-refractivity contribution in [1.82, 2.24) is 39.2 Å². The Morgan fingerprint density at radius 3 is 2.11 bits per heavy atom. The highest BCUT2D eigenvalue weighted by Gasteiger charge is 2.35. The zero-order valence-electron chi connectivity index (χ0n) is 31.0. The van der Waals surface area contributed by atoms with E-state index in [1.807, 2.05) is 4.52 Å². The number of carbonyl (C=O) groups is 1. The molecule has 292 valence electrons. The first-order valence-corrected chi connectivity index (χ1v) is 18.3. The van der Waals surface area contributed by atoms with E-state index in [2.05, 4.69) is 54.9 Å². The summed E-state index contributed by atoms with van der Waals surface area (Å²) in [6.45, 7) is 8.96. The molecule has 0 saturated carbocycles. The van der Waals surface area contributed by atoms with Gasteiger partial charge in [-0.15, -0.1) is 10.2 Å². The Kier molecular flexibility index (Phi) is 13.9. The fourth-order valence-corrected chi connectivity index (χ4v) is 5.73. The van der Waals surface area contributed by atoms with Crippen molar-refractivity contribution in [3.8, 4) is 5.75 Å². The van der Waals surface area contributed by atoms with Crippen LogP contribution in [0.25, 0.3) is 11.6 Å². The summed E-state index contributed by atoms with van der Waals surface area (Å²) in [5, 5.41) is 9.17. The highest BCUT2D eigenvalue weighted by atomic mass is 35.5. The molecule has 0 aliphatic carbocycles. The van der Waals surface area contributed by atoms with Crippen LogP contribution in [0.1, 0.15) is 68.0 Å². The molecule has 55 heavy (non-hydrogen) atoms. The first-order valence-electron chi connectivity index (χ1n) is 17.9. The quantitative estimate of drug-likeness (QED) is 0.0587. The largest absolute Gasteiger partial charge is 0.494 e. The van der Waals surface area contributed by atoms with E-state index in [0.717, 1.165) is 52.7 Å². The molecule has 2 aromatic carbocycles. The van der Waals surface area contributed by atoms with Crippen LogP contribution in [0, 0.1) is 12.7 Å². The lowest BCUT2D eigenvalue weighted by atomic mass is 10.2. The van der Waals surface area contributed by atoms with Crippen molar-refractivity contribution >= 4 is 34.8 Å². The van der Waals surface area contributed by atoms with Gasteiger partial charge in [0.25, 0.3) is 11.6 Å². The molecule has 0 radical (unpaired) electrons. The zero-order chi connectivity index (χ0) is 39.5. The fourth-order valence-electron chi connectivity index (χ4n) is 5.60. The minimum atomic E-state index is -4.52. The second kappa shape index (κ2) is 18.8. The number of carbonyl (C=O) groups excluding carboxylic acids is 1. The summed E-state index contributed by atoms with van der Waals surface area (Å²) >= 11 is 5.79. The van der Waals surface area contributed by atoms with Gasteiger partial charge >= 0.3 is 12.1 Å². The van der Waals surface area contributed by atoms with Crippen LogP contribution in [0.2, 0.25) is 5.02 Å². The van der Waals surface area contributed by atoms with Gasteiger partial charge in [-0.25, -0.2) is 18.9 Å². The molecule has 0 fully saturated rings. The van der Waals surface area contributed by atoms with Crippen LogP contribution in [-0.4, -0.2) is 71.4 Å². The normalized spacial score (nSPS) is 11.4. The number of anilines is 1. The predicted molar refractivity (Wildman–Crippen MR) is 199 cm³/mol. The maximum Gasteiger partial charge on any atom is 0.433 e. The third-order valence-electron chi connectivity index (χ3n) is 8.30. The van der Waals surface area contributed by atoms with E-state index >= 15 is 0 Å². The van der Waals surface area contributed by atoms with Crippen LogP contribution < -0.4 is 9.64 Å². The van der Waals surface area contributed by atoms with Gasteiger partial charge in [-0.1, -0.05) is 25.4 Å². The predicted octanol–water partition coefficient (Wildman–Crippen LogP) is 7.51. The van der Waals surface area contributed by atoms with Gasteiger partial charge in [0, 0.05) is 54.1 Å². The topological polar surface area (TPSA) is 125 Å². The van der Waals surface area contributed by atoms with Crippen molar-refractivity contribution in [2.24, 2.45) is 0 Å². The lowest BCUT2D eigenvalue weighted by molar-refractivity contribution is -0.143. The van der Waals surface area contributed by atoms with Crippen molar-refractivity contribution in [2.75, 3.05) is 31.2 Å². The number of fused-ring (bicyclic) bond motifs is 2. The number of benzene rings is 2. The zero-order valence-corrected chi connectivity index (χ0v) is 31.7. The van der Waals surface area contributed by atoms with Crippen LogP contribution in [0.5, 0.6) is 5.75 Å². The molecular weight excluding hydrogens is 742 g/mol. The smallest absolute Gasteiger partial charge is 0.433 e. The van der Waals surface area contributed by atoms with Crippen molar-refractivity contribution in [3.05, 3.63) is 106 Å². The number of nitrogens with zero attached hydrogens (tertiary/aromatic N) is 9. The third kappa shape index (κ3) is 11.6. The van der Waals surface area contributed by atoms with Gasteiger partial charge in [-0.05, 0) is 93.3 Å². The Balaban J connectivity index is 0.000000214. The third-order valence-corrected chi connectivity index (χ3v) is 8.55. The molecule has 0 amide bonds. The highest BCUT2D eigenvalue weighted by molar-refractivity contribution is 6.30. The van der Waals surface area contributed by atoms with Crippen LogP contribution in [0.4, 0.5) is 23.2 Å². The number of ether oxygens (including phenoxy) is 2. The van der Waals surface area contributed by atoms with Gasteiger partial charge in [0.1, 0.15) is 18.2 Å². The molecule has 0 bridgehead atoms. The lowest BCUT2D eigenvalue weighted by Crippen LogP contribution is -2.29. The minimum Gasteiger partial charge on any atom is -0.494 e. The Hall–Kier alpha value is -5.38. The molecule has 0 atom stereocenters. The van der Waals surface area contributed by atoms with Crippen molar-refractivity contribution in [3.63, 3.8) is 0 Å². The first kappa shape index (κ1) is 40.8. The number of rotatable bonds is 15. The van der Waals surface area contributed by atoms with Crippen LogP contribution in [0.3, 0.4) is 0 Å². The average Bonchev–Trinajstić information content (AvgIpc) is 3.76. The number of hydrogen-bond donors (Lipinski definition) is 0. The van der Waals surface area contributed by atoms with Gasteiger partial charge in [-0.2, -0.15) is 27.7 Å². The first-order chi connectivity index (χ1) is 26.3. The summed E-state index contributed by atoms with van der Waals surface area (Å²) in [6, 6.07) is 16.3. The number of alkyl halides is 3. The van der Waals surface area contributed by atoms with Crippen molar-refractivity contribution in [2.45, 2.75) is 72.4 Å². The Morgan fingerprint density at radius 1 is 0.818 bits per heavy atom. The molecule has 6 rings (SSSR count). The van der Waals surface area contributed by atoms with E-state index < -0.39 is 11.9 Å². The van der Waals surface area contributed by atoms with E-state index in [0.29, 0.717) is 61.3 Å². The van der Waals surface area contributed by atoms with Crippen LogP contribution in [-0.2, 0) is 41.4 Å². The Labute approximate surface area is 320 Å². The van der Waals surface area contributed by atoms with E-state index in [4.69, 9.17) is 21.1 Å². The number of halogens is 5. The van der Waals surface area contributed by atoms with E-state index in [-0.39, 0.29) is 29.9 Å². The standard InChI is InChI=1S/C22H28FN5O2.C16H14ClF3N4O/c1-4-18-15-19(5-2)28-22(24-18)25-21(26-28)7-6-12-27(13-14-30-16(3)29)20-10-8-17(23)9-11-20;1-10-9-13(16(18,19)20)24-15(21-10)22-14(23-24)3-2-8-25-12-6-4-11(17)5-7-12/h8-11,15H,4-7,12-14H2,1-3H3;4-7,9H,2-3,8H2,1H3. The van der Waals surface area contributed by atoms with Crippen molar-refractivity contribution in [1.29, 1.82) is 0 Å². The van der Waals surface area contributed by atoms with E-state index in [1.54, 1.807) is 36.4 Å². The van der Waals surface area contributed by atoms with Gasteiger partial charge in [0.05, 0.1) is 13.2 Å². The van der Waals surface area contributed by atoms with E-state index in [9.17, 15) is 22.4 Å². The van der Waals surface area contributed by atoms with Gasteiger partial charge in [-0.3, -0.25) is 4.79 Å². The lowest BCUT2D eigenvalue weighted by Gasteiger charge is -2.24. The number of aryl methyl sites for hydroxylation is 5. The maximum atomic E-state index is 13.3. The molecule has 17 heteroatoms.